The summed E-state index contributed by atoms with van der Waals surface area (Å²) in [6, 6.07) is 21.5. The van der Waals surface area contributed by atoms with E-state index in [9.17, 15) is 8.42 Å². The molecule has 1 unspecified atom stereocenters. The van der Waals surface area contributed by atoms with E-state index in [4.69, 9.17) is 5.26 Å². The predicted molar refractivity (Wildman–Crippen MR) is 93.8 cm³/mol. The Morgan fingerprint density at radius 2 is 1.62 bits per heavy atom. The van der Waals surface area contributed by atoms with Crippen molar-refractivity contribution in [3.63, 3.8) is 0 Å². The third-order valence-corrected chi connectivity index (χ3v) is 5.50. The second-order valence-corrected chi connectivity index (χ2v) is 7.24. The lowest BCUT2D eigenvalue weighted by molar-refractivity contribution is 0.567. The zero-order valence-corrected chi connectivity index (χ0v) is 13.9. The molecule has 0 fully saturated rings. The van der Waals surface area contributed by atoms with Crippen molar-refractivity contribution in [1.82, 2.24) is 4.72 Å². The van der Waals surface area contributed by atoms with Gasteiger partial charge in [-0.2, -0.15) is 5.26 Å². The molecule has 0 aliphatic rings. The highest BCUT2D eigenvalue weighted by atomic mass is 32.2. The summed E-state index contributed by atoms with van der Waals surface area (Å²) in [7, 11) is -3.78. The molecule has 5 heteroatoms. The van der Waals surface area contributed by atoms with Crippen molar-refractivity contribution in [3.8, 4) is 6.07 Å². The van der Waals surface area contributed by atoms with Gasteiger partial charge in [-0.15, -0.1) is 0 Å². The van der Waals surface area contributed by atoms with Crippen LogP contribution in [0.2, 0.25) is 0 Å². The fourth-order valence-electron chi connectivity index (χ4n) is 2.63. The molecule has 0 spiro atoms. The molecular weight excluding hydrogens is 320 g/mol. The molecule has 1 atom stereocenters. The average molecular weight is 336 g/mol. The topological polar surface area (TPSA) is 70.0 Å². The minimum Gasteiger partial charge on any atom is -0.207 e. The highest BCUT2D eigenvalue weighted by molar-refractivity contribution is 7.89. The first kappa shape index (κ1) is 16.2. The molecule has 3 aromatic carbocycles. The SMILES string of the molecule is CC(NS(=O)(=O)c1ccccc1C#N)c1ccc2ccccc2c1. The maximum atomic E-state index is 12.6. The Labute approximate surface area is 141 Å². The molecule has 0 bridgehead atoms. The van der Waals surface area contributed by atoms with Crippen LogP contribution < -0.4 is 4.72 Å². The molecule has 0 radical (unpaired) electrons. The molecule has 120 valence electrons. The number of fused-ring (bicyclic) bond motifs is 1. The quantitative estimate of drug-likeness (QED) is 0.789. The minimum absolute atomic E-state index is 0.000129. The Morgan fingerprint density at radius 1 is 0.958 bits per heavy atom. The van der Waals surface area contributed by atoms with E-state index in [0.29, 0.717) is 0 Å². The van der Waals surface area contributed by atoms with Crippen LogP contribution in [0.15, 0.2) is 71.6 Å². The van der Waals surface area contributed by atoms with Crippen molar-refractivity contribution >= 4 is 20.8 Å². The predicted octanol–water partition coefficient (Wildman–Crippen LogP) is 3.75. The summed E-state index contributed by atoms with van der Waals surface area (Å²) in [5.41, 5.74) is 1.00. The van der Waals surface area contributed by atoms with Crippen LogP contribution in [-0.2, 0) is 10.0 Å². The summed E-state index contributed by atoms with van der Waals surface area (Å²) >= 11 is 0. The highest BCUT2D eigenvalue weighted by Crippen LogP contribution is 2.23. The van der Waals surface area contributed by atoms with Gasteiger partial charge in [-0.25, -0.2) is 13.1 Å². The van der Waals surface area contributed by atoms with E-state index in [1.807, 2.05) is 48.5 Å². The van der Waals surface area contributed by atoms with Gasteiger partial charge in [0, 0.05) is 6.04 Å². The Bertz CT molecular complexity index is 1040. The summed E-state index contributed by atoms with van der Waals surface area (Å²) in [5, 5.41) is 11.3. The molecule has 0 saturated heterocycles. The monoisotopic (exact) mass is 336 g/mol. The van der Waals surface area contributed by atoms with Crippen LogP contribution >= 0.6 is 0 Å². The molecular formula is C19H16N2O2S. The first-order valence-electron chi connectivity index (χ1n) is 7.51. The van der Waals surface area contributed by atoms with Gasteiger partial charge in [-0.1, -0.05) is 48.5 Å². The Morgan fingerprint density at radius 3 is 2.38 bits per heavy atom. The number of rotatable bonds is 4. The Kier molecular flexibility index (Phi) is 4.34. The third kappa shape index (κ3) is 3.16. The number of hydrogen-bond acceptors (Lipinski definition) is 3. The Hall–Kier alpha value is -2.68. The van der Waals surface area contributed by atoms with Gasteiger partial charge < -0.3 is 0 Å². The molecule has 0 heterocycles. The Balaban J connectivity index is 1.92. The molecule has 0 aliphatic carbocycles. The first-order valence-corrected chi connectivity index (χ1v) is 9.00. The summed E-state index contributed by atoms with van der Waals surface area (Å²) in [5.74, 6) is 0. The largest absolute Gasteiger partial charge is 0.242 e. The lowest BCUT2D eigenvalue weighted by Gasteiger charge is -2.16. The van der Waals surface area contributed by atoms with Crippen molar-refractivity contribution in [1.29, 1.82) is 5.26 Å². The van der Waals surface area contributed by atoms with Crippen molar-refractivity contribution in [2.75, 3.05) is 0 Å². The van der Waals surface area contributed by atoms with E-state index in [0.717, 1.165) is 16.3 Å². The molecule has 3 aromatic rings. The van der Waals surface area contributed by atoms with Gasteiger partial charge in [0.1, 0.15) is 6.07 Å². The fraction of sp³-hybridized carbons (Fsp3) is 0.105. The van der Waals surface area contributed by atoms with Crippen molar-refractivity contribution < 1.29 is 8.42 Å². The second kappa shape index (κ2) is 6.44. The number of nitriles is 1. The van der Waals surface area contributed by atoms with Gasteiger partial charge in [-0.05, 0) is 41.5 Å². The van der Waals surface area contributed by atoms with Crippen LogP contribution in [0.1, 0.15) is 24.1 Å². The van der Waals surface area contributed by atoms with Crippen molar-refractivity contribution in [2.45, 2.75) is 17.9 Å². The maximum absolute atomic E-state index is 12.6. The minimum atomic E-state index is -3.78. The van der Waals surface area contributed by atoms with Gasteiger partial charge in [0.25, 0.3) is 0 Å². The van der Waals surface area contributed by atoms with Crippen LogP contribution in [-0.4, -0.2) is 8.42 Å². The lowest BCUT2D eigenvalue weighted by Crippen LogP contribution is -2.27. The zero-order valence-electron chi connectivity index (χ0n) is 13.1. The van der Waals surface area contributed by atoms with E-state index in [2.05, 4.69) is 4.72 Å². The standard InChI is InChI=1S/C19H16N2O2S/c1-14(16-11-10-15-6-2-3-7-17(15)12-16)21-24(22,23)19-9-5-4-8-18(19)13-20/h2-12,14,21H,1H3. The molecule has 3 rings (SSSR count). The maximum Gasteiger partial charge on any atom is 0.242 e. The number of hydrogen-bond donors (Lipinski definition) is 1. The average Bonchev–Trinajstić information content (AvgIpc) is 2.60. The summed E-state index contributed by atoms with van der Waals surface area (Å²) < 4.78 is 27.8. The molecule has 0 amide bonds. The molecule has 0 saturated carbocycles. The van der Waals surface area contributed by atoms with Gasteiger partial charge in [0.05, 0.1) is 10.5 Å². The second-order valence-electron chi connectivity index (χ2n) is 5.56. The molecule has 0 aliphatic heterocycles. The van der Waals surface area contributed by atoms with Crippen LogP contribution in [0, 0.1) is 11.3 Å². The number of nitrogens with zero attached hydrogens (tertiary/aromatic N) is 1. The molecule has 24 heavy (non-hydrogen) atoms. The van der Waals surface area contributed by atoms with Crippen LogP contribution in [0.3, 0.4) is 0 Å². The first-order chi connectivity index (χ1) is 11.5. The van der Waals surface area contributed by atoms with Crippen LogP contribution in [0.25, 0.3) is 10.8 Å². The van der Waals surface area contributed by atoms with Gasteiger partial charge >= 0.3 is 0 Å². The van der Waals surface area contributed by atoms with Gasteiger partial charge in [0.2, 0.25) is 10.0 Å². The van der Waals surface area contributed by atoms with Crippen LogP contribution in [0.5, 0.6) is 0 Å². The fourth-order valence-corrected chi connectivity index (χ4v) is 4.02. The van der Waals surface area contributed by atoms with E-state index in [-0.39, 0.29) is 10.5 Å². The third-order valence-electron chi connectivity index (χ3n) is 3.90. The van der Waals surface area contributed by atoms with Gasteiger partial charge in [0.15, 0.2) is 0 Å². The number of nitrogens with one attached hydrogen (secondary N) is 1. The molecule has 0 aromatic heterocycles. The van der Waals surface area contributed by atoms with Gasteiger partial charge in [-0.3, -0.25) is 0 Å². The van der Waals surface area contributed by atoms with E-state index < -0.39 is 16.1 Å². The smallest absolute Gasteiger partial charge is 0.207 e. The summed E-state index contributed by atoms with van der Waals surface area (Å²) in [6.07, 6.45) is 0. The van der Waals surface area contributed by atoms with Crippen molar-refractivity contribution in [2.24, 2.45) is 0 Å². The normalized spacial score (nSPS) is 12.7. The lowest BCUT2D eigenvalue weighted by atomic mass is 10.0. The van der Waals surface area contributed by atoms with Crippen molar-refractivity contribution in [3.05, 3.63) is 77.9 Å². The molecule has 4 nitrogen and oxygen atoms in total. The van der Waals surface area contributed by atoms with E-state index in [1.165, 1.54) is 12.1 Å². The number of sulfonamides is 1. The van der Waals surface area contributed by atoms with Crippen LogP contribution in [0.4, 0.5) is 0 Å². The summed E-state index contributed by atoms with van der Waals surface area (Å²) in [6.45, 7) is 1.79. The highest BCUT2D eigenvalue weighted by Gasteiger charge is 2.21. The number of benzene rings is 3. The zero-order chi connectivity index (χ0) is 17.2. The summed E-state index contributed by atoms with van der Waals surface area (Å²) in [4.78, 5) is 0.000129. The molecule has 1 N–H and O–H groups in total. The van der Waals surface area contributed by atoms with E-state index in [1.54, 1.807) is 19.1 Å². The van der Waals surface area contributed by atoms with E-state index >= 15 is 0 Å².